The molecule has 2 heteroatoms. The Morgan fingerprint density at radius 1 is 1.31 bits per heavy atom. The lowest BCUT2D eigenvalue weighted by Gasteiger charge is -2.17. The van der Waals surface area contributed by atoms with Crippen LogP contribution < -0.4 is 0 Å². The SMILES string of the molecule is CC1(C)C=C(N2CCCC2)C(=O)C1. The molecular formula is C11H17NO. The molecule has 13 heavy (non-hydrogen) atoms. The van der Waals surface area contributed by atoms with E-state index in [1.54, 1.807) is 0 Å². The predicted molar refractivity (Wildman–Crippen MR) is 52.3 cm³/mol. The molecule has 0 atom stereocenters. The van der Waals surface area contributed by atoms with E-state index in [1.165, 1.54) is 12.8 Å². The number of hydrogen-bond acceptors (Lipinski definition) is 2. The van der Waals surface area contributed by atoms with Crippen molar-refractivity contribution in [1.29, 1.82) is 0 Å². The fraction of sp³-hybridized carbons (Fsp3) is 0.727. The molecule has 0 saturated carbocycles. The molecule has 2 rings (SSSR count). The summed E-state index contributed by atoms with van der Waals surface area (Å²) < 4.78 is 0. The number of allylic oxidation sites excluding steroid dienone is 2. The van der Waals surface area contributed by atoms with Crippen LogP contribution >= 0.6 is 0 Å². The molecule has 0 radical (unpaired) electrons. The highest BCUT2D eigenvalue weighted by Crippen LogP contribution is 2.34. The normalized spacial score (nSPS) is 26.8. The van der Waals surface area contributed by atoms with Gasteiger partial charge in [0.1, 0.15) is 0 Å². The zero-order valence-electron chi connectivity index (χ0n) is 8.47. The second-order valence-electron chi connectivity index (χ2n) is 4.81. The maximum atomic E-state index is 11.7. The Hall–Kier alpha value is -0.790. The Labute approximate surface area is 79.6 Å². The quantitative estimate of drug-likeness (QED) is 0.613. The lowest BCUT2D eigenvalue weighted by Crippen LogP contribution is -2.21. The van der Waals surface area contributed by atoms with E-state index in [4.69, 9.17) is 0 Å². The standard InChI is InChI=1S/C11H17NO/c1-11(2)7-9(10(13)8-11)12-5-3-4-6-12/h7H,3-6,8H2,1-2H3. The first kappa shape index (κ1) is 8.79. The zero-order chi connectivity index (χ0) is 9.47. The largest absolute Gasteiger partial charge is 0.369 e. The van der Waals surface area contributed by atoms with Gasteiger partial charge in [-0.2, -0.15) is 0 Å². The van der Waals surface area contributed by atoms with Gasteiger partial charge >= 0.3 is 0 Å². The average Bonchev–Trinajstić information content (AvgIpc) is 2.56. The monoisotopic (exact) mass is 179 g/mol. The molecule has 0 aromatic heterocycles. The van der Waals surface area contributed by atoms with Crippen LogP contribution in [0.1, 0.15) is 33.1 Å². The van der Waals surface area contributed by atoms with Crippen molar-refractivity contribution in [2.45, 2.75) is 33.1 Å². The Balaban J connectivity index is 2.18. The zero-order valence-corrected chi connectivity index (χ0v) is 8.47. The molecular weight excluding hydrogens is 162 g/mol. The van der Waals surface area contributed by atoms with Gasteiger partial charge in [-0.25, -0.2) is 0 Å². The highest BCUT2D eigenvalue weighted by atomic mass is 16.1. The molecule has 1 fully saturated rings. The number of Topliss-reactive ketones (excluding diaryl/α,β-unsaturated/α-hetero) is 1. The Kier molecular flexibility index (Phi) is 1.94. The third kappa shape index (κ3) is 1.62. The fourth-order valence-corrected chi connectivity index (χ4v) is 2.23. The summed E-state index contributed by atoms with van der Waals surface area (Å²) in [6, 6.07) is 0. The molecule has 2 aliphatic rings. The van der Waals surface area contributed by atoms with Gasteiger partial charge in [-0.15, -0.1) is 0 Å². The van der Waals surface area contributed by atoms with Crippen molar-refractivity contribution < 1.29 is 4.79 Å². The van der Waals surface area contributed by atoms with Gasteiger partial charge in [0.05, 0.1) is 5.70 Å². The summed E-state index contributed by atoms with van der Waals surface area (Å²) in [5.41, 5.74) is 1.08. The summed E-state index contributed by atoms with van der Waals surface area (Å²) >= 11 is 0. The molecule has 2 nitrogen and oxygen atoms in total. The number of nitrogens with zero attached hydrogens (tertiary/aromatic N) is 1. The molecule has 0 spiro atoms. The van der Waals surface area contributed by atoms with Gasteiger partial charge in [-0.1, -0.05) is 19.9 Å². The smallest absolute Gasteiger partial charge is 0.179 e. The summed E-state index contributed by atoms with van der Waals surface area (Å²) in [5, 5.41) is 0. The number of likely N-dealkylation sites (tertiary alicyclic amines) is 1. The number of rotatable bonds is 1. The second-order valence-corrected chi connectivity index (χ2v) is 4.81. The maximum absolute atomic E-state index is 11.7. The number of hydrogen-bond donors (Lipinski definition) is 0. The van der Waals surface area contributed by atoms with Gasteiger partial charge in [0, 0.05) is 19.5 Å². The summed E-state index contributed by atoms with van der Waals surface area (Å²) in [6.07, 6.45) is 5.33. The first-order valence-corrected chi connectivity index (χ1v) is 5.09. The van der Waals surface area contributed by atoms with Crippen LogP contribution in [0.25, 0.3) is 0 Å². The van der Waals surface area contributed by atoms with E-state index >= 15 is 0 Å². The van der Waals surface area contributed by atoms with Crippen molar-refractivity contribution in [2.24, 2.45) is 5.41 Å². The molecule has 0 aromatic rings. The van der Waals surface area contributed by atoms with Crippen LogP contribution in [0.15, 0.2) is 11.8 Å². The molecule has 0 unspecified atom stereocenters. The minimum atomic E-state index is 0.0923. The molecule has 1 heterocycles. The lowest BCUT2D eigenvalue weighted by atomic mass is 9.93. The summed E-state index contributed by atoms with van der Waals surface area (Å²) in [5.74, 6) is 0.340. The molecule has 0 bridgehead atoms. The Morgan fingerprint density at radius 2 is 1.92 bits per heavy atom. The van der Waals surface area contributed by atoms with Crippen LogP contribution in [0.3, 0.4) is 0 Å². The van der Waals surface area contributed by atoms with Gasteiger partial charge in [0.25, 0.3) is 0 Å². The Bertz CT molecular complexity index is 259. The molecule has 0 N–H and O–H groups in total. The van der Waals surface area contributed by atoms with E-state index in [1.807, 2.05) is 0 Å². The third-order valence-electron chi connectivity index (χ3n) is 2.88. The van der Waals surface area contributed by atoms with E-state index in [0.717, 1.165) is 18.8 Å². The molecule has 1 saturated heterocycles. The summed E-state index contributed by atoms with van der Waals surface area (Å²) in [4.78, 5) is 13.9. The van der Waals surface area contributed by atoms with Crippen molar-refractivity contribution in [2.75, 3.05) is 13.1 Å². The van der Waals surface area contributed by atoms with E-state index in [-0.39, 0.29) is 5.41 Å². The van der Waals surface area contributed by atoms with Gasteiger partial charge < -0.3 is 4.90 Å². The van der Waals surface area contributed by atoms with E-state index < -0.39 is 0 Å². The summed E-state index contributed by atoms with van der Waals surface area (Å²) in [6.45, 7) is 6.42. The predicted octanol–water partition coefficient (Wildman–Crippen LogP) is 1.97. The average molecular weight is 179 g/mol. The van der Waals surface area contributed by atoms with Crippen LogP contribution in [0.5, 0.6) is 0 Å². The lowest BCUT2D eigenvalue weighted by molar-refractivity contribution is -0.117. The second kappa shape index (κ2) is 2.86. The Morgan fingerprint density at radius 3 is 2.38 bits per heavy atom. The first-order chi connectivity index (χ1) is 6.08. The van der Waals surface area contributed by atoms with Crippen LogP contribution in [0, 0.1) is 5.41 Å². The van der Waals surface area contributed by atoms with E-state index in [2.05, 4.69) is 24.8 Å². The fourth-order valence-electron chi connectivity index (χ4n) is 2.23. The van der Waals surface area contributed by atoms with Crippen molar-refractivity contribution in [3.8, 4) is 0 Å². The maximum Gasteiger partial charge on any atom is 0.179 e. The van der Waals surface area contributed by atoms with Gasteiger partial charge in [0.15, 0.2) is 5.78 Å². The van der Waals surface area contributed by atoms with Crippen molar-refractivity contribution in [1.82, 2.24) is 4.90 Å². The van der Waals surface area contributed by atoms with Crippen molar-refractivity contribution in [3.05, 3.63) is 11.8 Å². The third-order valence-corrected chi connectivity index (χ3v) is 2.88. The van der Waals surface area contributed by atoms with Crippen molar-refractivity contribution >= 4 is 5.78 Å². The minimum Gasteiger partial charge on any atom is -0.369 e. The minimum absolute atomic E-state index is 0.0923. The van der Waals surface area contributed by atoms with Crippen LogP contribution in [0.4, 0.5) is 0 Å². The van der Waals surface area contributed by atoms with Crippen molar-refractivity contribution in [3.63, 3.8) is 0 Å². The first-order valence-electron chi connectivity index (χ1n) is 5.09. The molecule has 72 valence electrons. The number of carbonyl (C=O) groups excluding carboxylic acids is 1. The van der Waals surface area contributed by atoms with E-state index in [9.17, 15) is 4.79 Å². The van der Waals surface area contributed by atoms with E-state index in [0.29, 0.717) is 12.2 Å². The number of carbonyl (C=O) groups is 1. The molecule has 0 aromatic carbocycles. The van der Waals surface area contributed by atoms with Crippen LogP contribution in [-0.4, -0.2) is 23.8 Å². The molecule has 1 aliphatic carbocycles. The van der Waals surface area contributed by atoms with Gasteiger partial charge in [-0.3, -0.25) is 4.79 Å². The highest BCUT2D eigenvalue weighted by molar-refractivity contribution is 5.98. The molecule has 1 aliphatic heterocycles. The van der Waals surface area contributed by atoms with Crippen LogP contribution in [-0.2, 0) is 4.79 Å². The topological polar surface area (TPSA) is 20.3 Å². The highest BCUT2D eigenvalue weighted by Gasteiger charge is 2.33. The van der Waals surface area contributed by atoms with Crippen LogP contribution in [0.2, 0.25) is 0 Å². The number of ketones is 1. The van der Waals surface area contributed by atoms with Gasteiger partial charge in [0.2, 0.25) is 0 Å². The van der Waals surface area contributed by atoms with Gasteiger partial charge in [-0.05, 0) is 18.3 Å². The molecule has 0 amide bonds. The summed E-state index contributed by atoms with van der Waals surface area (Å²) in [7, 11) is 0.